The first-order valence-corrected chi connectivity index (χ1v) is 3.48. The number of nitrogens with two attached hydrogens (primary N) is 1. The highest BCUT2D eigenvalue weighted by molar-refractivity contribution is 5.99. The molecule has 1 aromatic carbocycles. The van der Waals surface area contributed by atoms with Gasteiger partial charge in [0, 0.05) is 0 Å². The largest absolute Gasteiger partial charge is 0.504 e. The maximum Gasteiger partial charge on any atom is 0.201 e. The molecule has 0 bridgehead atoms. The summed E-state index contributed by atoms with van der Waals surface area (Å²) >= 11 is 0. The number of phenolic OH excluding ortho intramolecular Hbond substituents is 1. The van der Waals surface area contributed by atoms with Crippen molar-refractivity contribution in [3.05, 3.63) is 29.3 Å². The van der Waals surface area contributed by atoms with Gasteiger partial charge in [0.1, 0.15) is 0 Å². The summed E-state index contributed by atoms with van der Waals surface area (Å²) in [6.07, 6.45) is 0. The molecule has 3 nitrogen and oxygen atoms in total. The van der Waals surface area contributed by atoms with Crippen LogP contribution in [0.2, 0.25) is 0 Å². The SMILES string of the molecule is NCC(=O)c1ccc(F)c(F)c1O. The van der Waals surface area contributed by atoms with Crippen LogP contribution in [0.5, 0.6) is 5.75 Å². The highest BCUT2D eigenvalue weighted by Gasteiger charge is 2.16. The minimum absolute atomic E-state index is 0.304. The van der Waals surface area contributed by atoms with Gasteiger partial charge >= 0.3 is 0 Å². The van der Waals surface area contributed by atoms with Gasteiger partial charge in [-0.1, -0.05) is 0 Å². The quantitative estimate of drug-likeness (QED) is 0.673. The number of hydrogen-bond acceptors (Lipinski definition) is 3. The molecule has 0 aliphatic rings. The van der Waals surface area contributed by atoms with Crippen molar-refractivity contribution in [2.24, 2.45) is 5.73 Å². The van der Waals surface area contributed by atoms with Gasteiger partial charge < -0.3 is 10.8 Å². The van der Waals surface area contributed by atoms with Crippen molar-refractivity contribution in [2.45, 2.75) is 0 Å². The van der Waals surface area contributed by atoms with Gasteiger partial charge in [0.25, 0.3) is 0 Å². The number of aromatic hydroxyl groups is 1. The van der Waals surface area contributed by atoms with E-state index in [2.05, 4.69) is 0 Å². The van der Waals surface area contributed by atoms with Crippen LogP contribution in [0.15, 0.2) is 12.1 Å². The third-order valence-electron chi connectivity index (χ3n) is 1.55. The predicted octanol–water partition coefficient (Wildman–Crippen LogP) is 0.812. The number of benzene rings is 1. The van der Waals surface area contributed by atoms with Gasteiger partial charge in [-0.3, -0.25) is 4.79 Å². The smallest absolute Gasteiger partial charge is 0.201 e. The van der Waals surface area contributed by atoms with E-state index >= 15 is 0 Å². The van der Waals surface area contributed by atoms with Crippen molar-refractivity contribution in [3.8, 4) is 5.75 Å². The Hall–Kier alpha value is -1.49. The second-order valence-electron chi connectivity index (χ2n) is 2.38. The summed E-state index contributed by atoms with van der Waals surface area (Å²) in [5, 5.41) is 8.99. The first kappa shape index (κ1) is 9.60. The molecule has 0 fully saturated rings. The minimum Gasteiger partial charge on any atom is -0.504 e. The number of phenols is 1. The zero-order chi connectivity index (χ0) is 10.0. The summed E-state index contributed by atoms with van der Waals surface area (Å²) in [5.41, 5.74) is 4.68. The molecular formula is C8H7F2NO2. The van der Waals surface area contributed by atoms with Crippen LogP contribution >= 0.6 is 0 Å². The maximum atomic E-state index is 12.7. The summed E-state index contributed by atoms with van der Waals surface area (Å²) in [6, 6.07) is 1.75. The maximum absolute atomic E-state index is 12.7. The van der Waals surface area contributed by atoms with Crippen molar-refractivity contribution >= 4 is 5.78 Å². The standard InChI is InChI=1S/C8H7F2NO2/c9-5-2-1-4(6(12)3-11)8(13)7(5)10/h1-2,13H,3,11H2. The van der Waals surface area contributed by atoms with Crippen LogP contribution < -0.4 is 5.73 Å². The molecule has 0 heterocycles. The monoisotopic (exact) mass is 187 g/mol. The van der Waals surface area contributed by atoms with Gasteiger partial charge in [-0.05, 0) is 12.1 Å². The Morgan fingerprint density at radius 1 is 1.46 bits per heavy atom. The van der Waals surface area contributed by atoms with Gasteiger partial charge in [0.15, 0.2) is 17.3 Å². The van der Waals surface area contributed by atoms with Crippen LogP contribution in [0.4, 0.5) is 8.78 Å². The first-order chi connectivity index (χ1) is 6.07. The molecule has 70 valence electrons. The molecule has 1 aromatic rings. The van der Waals surface area contributed by atoms with E-state index in [1.807, 2.05) is 0 Å². The van der Waals surface area contributed by atoms with Gasteiger partial charge in [0.05, 0.1) is 12.1 Å². The van der Waals surface area contributed by atoms with Crippen molar-refractivity contribution in [1.29, 1.82) is 0 Å². The molecule has 0 aliphatic heterocycles. The zero-order valence-corrected chi connectivity index (χ0v) is 6.55. The number of carbonyl (C=O) groups excluding carboxylic acids is 1. The summed E-state index contributed by atoms with van der Waals surface area (Å²) in [6.45, 7) is -0.362. The third kappa shape index (κ3) is 1.65. The molecule has 0 amide bonds. The number of Topliss-reactive ketones (excluding diaryl/α,β-unsaturated/α-hetero) is 1. The van der Waals surface area contributed by atoms with Crippen LogP contribution in [0, 0.1) is 11.6 Å². The van der Waals surface area contributed by atoms with Crippen LogP contribution in [-0.4, -0.2) is 17.4 Å². The van der Waals surface area contributed by atoms with E-state index in [1.54, 1.807) is 0 Å². The van der Waals surface area contributed by atoms with Crippen LogP contribution in [0.25, 0.3) is 0 Å². The summed E-state index contributed by atoms with van der Waals surface area (Å²) in [5.74, 6) is -4.27. The van der Waals surface area contributed by atoms with Crippen LogP contribution in [0.3, 0.4) is 0 Å². The average Bonchev–Trinajstić information content (AvgIpc) is 2.13. The van der Waals surface area contributed by atoms with E-state index in [4.69, 9.17) is 10.8 Å². The topological polar surface area (TPSA) is 63.3 Å². The molecule has 5 heteroatoms. The molecule has 3 N–H and O–H groups in total. The highest BCUT2D eigenvalue weighted by atomic mass is 19.2. The molecule has 1 rings (SSSR count). The molecule has 0 atom stereocenters. The lowest BCUT2D eigenvalue weighted by Crippen LogP contribution is -2.14. The Kier molecular flexibility index (Phi) is 2.57. The lowest BCUT2D eigenvalue weighted by atomic mass is 10.1. The molecule has 0 unspecified atom stereocenters. The van der Waals surface area contributed by atoms with Crippen LogP contribution in [0.1, 0.15) is 10.4 Å². The van der Waals surface area contributed by atoms with Gasteiger partial charge in [0.2, 0.25) is 5.82 Å². The van der Waals surface area contributed by atoms with Gasteiger partial charge in [-0.2, -0.15) is 4.39 Å². The third-order valence-corrected chi connectivity index (χ3v) is 1.55. The number of hydrogen-bond donors (Lipinski definition) is 2. The number of ketones is 1. The zero-order valence-electron chi connectivity index (χ0n) is 6.55. The molecule has 0 saturated carbocycles. The molecular weight excluding hydrogens is 180 g/mol. The van der Waals surface area contributed by atoms with E-state index in [-0.39, 0.29) is 12.1 Å². The summed E-state index contributed by atoms with van der Waals surface area (Å²) < 4.78 is 25.1. The Labute approximate surface area is 72.8 Å². The van der Waals surface area contributed by atoms with Crippen molar-refractivity contribution in [2.75, 3.05) is 6.54 Å². The molecule has 13 heavy (non-hydrogen) atoms. The fraction of sp³-hybridized carbons (Fsp3) is 0.125. The van der Waals surface area contributed by atoms with Crippen molar-refractivity contribution < 1.29 is 18.7 Å². The van der Waals surface area contributed by atoms with Crippen LogP contribution in [-0.2, 0) is 0 Å². The Balaban J connectivity index is 3.26. The second-order valence-corrected chi connectivity index (χ2v) is 2.38. The summed E-state index contributed by atoms with van der Waals surface area (Å²) in [7, 11) is 0. The molecule has 0 saturated heterocycles. The summed E-state index contributed by atoms with van der Waals surface area (Å²) in [4.78, 5) is 10.9. The lowest BCUT2D eigenvalue weighted by Gasteiger charge is -2.02. The average molecular weight is 187 g/mol. The Bertz CT molecular complexity index is 352. The number of carbonyl (C=O) groups is 1. The fourth-order valence-electron chi connectivity index (χ4n) is 0.875. The van der Waals surface area contributed by atoms with E-state index in [1.165, 1.54) is 0 Å². The van der Waals surface area contributed by atoms with Gasteiger partial charge in [-0.15, -0.1) is 0 Å². The van der Waals surface area contributed by atoms with Crippen molar-refractivity contribution in [1.82, 2.24) is 0 Å². The molecule has 0 aliphatic carbocycles. The first-order valence-electron chi connectivity index (χ1n) is 3.48. The minimum atomic E-state index is -1.43. The normalized spacial score (nSPS) is 10.1. The molecule has 0 spiro atoms. The molecule has 0 aromatic heterocycles. The highest BCUT2D eigenvalue weighted by Crippen LogP contribution is 2.23. The fourth-order valence-corrected chi connectivity index (χ4v) is 0.875. The van der Waals surface area contributed by atoms with E-state index in [0.717, 1.165) is 12.1 Å². The van der Waals surface area contributed by atoms with E-state index in [9.17, 15) is 13.6 Å². The number of rotatable bonds is 2. The van der Waals surface area contributed by atoms with E-state index < -0.39 is 23.2 Å². The lowest BCUT2D eigenvalue weighted by molar-refractivity contribution is 0.0998. The Morgan fingerprint density at radius 2 is 2.08 bits per heavy atom. The second kappa shape index (κ2) is 3.49. The number of halogens is 2. The van der Waals surface area contributed by atoms with Gasteiger partial charge in [-0.25, -0.2) is 4.39 Å². The van der Waals surface area contributed by atoms with Crippen molar-refractivity contribution in [3.63, 3.8) is 0 Å². The Morgan fingerprint density at radius 3 is 2.62 bits per heavy atom. The molecule has 0 radical (unpaired) electrons. The predicted molar refractivity (Wildman–Crippen MR) is 41.4 cm³/mol. The van der Waals surface area contributed by atoms with E-state index in [0.29, 0.717) is 0 Å².